The van der Waals surface area contributed by atoms with Gasteiger partial charge >= 0.3 is 0 Å². The van der Waals surface area contributed by atoms with Gasteiger partial charge in [-0.1, -0.05) is 78.9 Å². The normalized spacial score (nSPS) is 11.7. The fraction of sp³-hybridized carbons (Fsp3) is 0. The summed E-state index contributed by atoms with van der Waals surface area (Å²) < 4.78 is 3.69. The number of pyridine rings is 1. The van der Waals surface area contributed by atoms with E-state index in [2.05, 4.69) is 131 Å². The van der Waals surface area contributed by atoms with E-state index in [1.165, 1.54) is 59.5 Å². The van der Waals surface area contributed by atoms with Crippen LogP contribution in [0.25, 0.3) is 70.0 Å². The van der Waals surface area contributed by atoms with Crippen LogP contribution < -0.4 is 0 Å². The quantitative estimate of drug-likeness (QED) is 0.235. The summed E-state index contributed by atoms with van der Waals surface area (Å²) in [5.41, 5.74) is 8.44. The Morgan fingerprint density at radius 3 is 1.87 bits per heavy atom. The Morgan fingerprint density at radius 1 is 0.474 bits per heavy atom. The van der Waals surface area contributed by atoms with E-state index in [-0.39, 0.29) is 0 Å². The second-order valence-electron chi connectivity index (χ2n) is 9.68. The van der Waals surface area contributed by atoms with Crippen molar-refractivity contribution < 1.29 is 0 Å². The molecule has 0 fully saturated rings. The maximum atomic E-state index is 4.64. The second kappa shape index (κ2) is 8.41. The highest BCUT2D eigenvalue weighted by atomic mass is 32.1. The lowest BCUT2D eigenvalue weighted by Gasteiger charge is -2.14. The number of thiophene rings is 1. The number of fused-ring (bicyclic) bond motifs is 6. The summed E-state index contributed by atoms with van der Waals surface area (Å²) in [6, 6.07) is 46.0. The first kappa shape index (κ1) is 21.4. The first-order chi connectivity index (χ1) is 18.8. The molecule has 0 spiro atoms. The molecule has 0 saturated carbocycles. The van der Waals surface area contributed by atoms with Gasteiger partial charge in [-0.05, 0) is 70.8 Å². The molecule has 178 valence electrons. The Balaban J connectivity index is 1.48. The third-order valence-corrected chi connectivity index (χ3v) is 8.51. The van der Waals surface area contributed by atoms with Crippen LogP contribution in [0.3, 0.4) is 0 Å². The summed E-state index contributed by atoms with van der Waals surface area (Å²) in [6.07, 6.45) is 1.88. The van der Waals surface area contributed by atoms with E-state index in [9.17, 15) is 0 Å². The van der Waals surface area contributed by atoms with Gasteiger partial charge in [0.2, 0.25) is 0 Å². The molecular weight excluding hydrogens is 480 g/mol. The van der Waals surface area contributed by atoms with E-state index in [4.69, 9.17) is 0 Å². The minimum atomic E-state index is 1.09. The van der Waals surface area contributed by atoms with Crippen LogP contribution in [0.4, 0.5) is 0 Å². The lowest BCUT2D eigenvalue weighted by molar-refractivity contribution is 1.18. The molecular formula is C35H22N2S. The van der Waals surface area contributed by atoms with Gasteiger partial charge < -0.3 is 4.57 Å². The third kappa shape index (κ3) is 3.29. The van der Waals surface area contributed by atoms with Crippen molar-refractivity contribution >= 4 is 53.4 Å². The molecule has 0 atom stereocenters. The fourth-order valence-corrected chi connectivity index (χ4v) is 6.74. The molecule has 2 nitrogen and oxygen atoms in total. The molecule has 0 bridgehead atoms. The van der Waals surface area contributed by atoms with Crippen molar-refractivity contribution in [3.63, 3.8) is 0 Å². The molecule has 3 aromatic heterocycles. The van der Waals surface area contributed by atoms with Crippen LogP contribution in [0.2, 0.25) is 0 Å². The van der Waals surface area contributed by atoms with E-state index >= 15 is 0 Å². The summed E-state index contributed by atoms with van der Waals surface area (Å²) in [6.45, 7) is 0. The third-order valence-electron chi connectivity index (χ3n) is 7.43. The van der Waals surface area contributed by atoms with E-state index < -0.39 is 0 Å². The minimum Gasteiger partial charge on any atom is -0.309 e. The Kier molecular flexibility index (Phi) is 4.73. The zero-order valence-electron chi connectivity index (χ0n) is 20.5. The lowest BCUT2D eigenvalue weighted by Crippen LogP contribution is -1.96. The Bertz CT molecular complexity index is 2060. The molecule has 8 rings (SSSR count). The van der Waals surface area contributed by atoms with Gasteiger partial charge in [0.15, 0.2) is 0 Å². The summed E-state index contributed by atoms with van der Waals surface area (Å²) in [7, 11) is 0. The van der Waals surface area contributed by atoms with Crippen molar-refractivity contribution in [2.75, 3.05) is 0 Å². The molecule has 5 aromatic carbocycles. The molecule has 8 aromatic rings. The lowest BCUT2D eigenvalue weighted by atomic mass is 9.98. The topological polar surface area (TPSA) is 17.8 Å². The number of hydrogen-bond donors (Lipinski definition) is 0. The Morgan fingerprint density at radius 2 is 1.13 bits per heavy atom. The molecule has 0 N–H and O–H groups in total. The molecule has 0 saturated heterocycles. The summed E-state index contributed by atoms with van der Waals surface area (Å²) in [5, 5.41) is 5.03. The standard InChI is InChI=1S/C35H22N2S/c1-3-10-23(11-4-1)25-18-26(24-12-5-2-6-13-24)20-27(19-25)37-32-16-8-7-14-28(32)30-21-31-29-15-9-17-36-35(29)38-34(31)22-33(30)37/h1-22H. The van der Waals surface area contributed by atoms with Crippen molar-refractivity contribution in [1.29, 1.82) is 0 Å². The number of nitrogens with zero attached hydrogens (tertiary/aromatic N) is 2. The van der Waals surface area contributed by atoms with Gasteiger partial charge in [-0.25, -0.2) is 4.98 Å². The van der Waals surface area contributed by atoms with Gasteiger partial charge in [0.05, 0.1) is 11.0 Å². The van der Waals surface area contributed by atoms with Crippen LogP contribution in [-0.4, -0.2) is 9.55 Å². The van der Waals surface area contributed by atoms with Crippen molar-refractivity contribution in [1.82, 2.24) is 9.55 Å². The van der Waals surface area contributed by atoms with E-state index in [1.54, 1.807) is 11.3 Å². The van der Waals surface area contributed by atoms with Gasteiger partial charge in [-0.15, -0.1) is 11.3 Å². The van der Waals surface area contributed by atoms with Crippen LogP contribution in [0.5, 0.6) is 0 Å². The van der Waals surface area contributed by atoms with Crippen molar-refractivity contribution in [3.8, 4) is 27.9 Å². The number of hydrogen-bond acceptors (Lipinski definition) is 2. The molecule has 0 aliphatic heterocycles. The highest BCUT2D eigenvalue weighted by Crippen LogP contribution is 2.41. The monoisotopic (exact) mass is 502 g/mol. The Labute approximate surface area is 224 Å². The van der Waals surface area contributed by atoms with E-state index in [0.29, 0.717) is 0 Å². The van der Waals surface area contributed by atoms with Crippen LogP contribution in [0, 0.1) is 0 Å². The average Bonchev–Trinajstić information content (AvgIpc) is 3.51. The van der Waals surface area contributed by atoms with Gasteiger partial charge in [-0.2, -0.15) is 0 Å². The maximum absolute atomic E-state index is 4.64. The smallest absolute Gasteiger partial charge is 0.124 e. The number of aromatic nitrogens is 2. The SMILES string of the molecule is c1ccc(-c2cc(-c3ccccc3)cc(-n3c4ccccc4c4cc5c(cc43)sc3ncccc35)c2)cc1. The highest BCUT2D eigenvalue weighted by Gasteiger charge is 2.17. The Hall–Kier alpha value is -4.73. The average molecular weight is 503 g/mol. The van der Waals surface area contributed by atoms with Crippen molar-refractivity contribution in [2.24, 2.45) is 0 Å². The molecule has 38 heavy (non-hydrogen) atoms. The van der Waals surface area contributed by atoms with Gasteiger partial charge in [-0.3, -0.25) is 0 Å². The van der Waals surface area contributed by atoms with Crippen LogP contribution >= 0.6 is 11.3 Å². The zero-order chi connectivity index (χ0) is 25.1. The first-order valence-electron chi connectivity index (χ1n) is 12.8. The maximum Gasteiger partial charge on any atom is 0.124 e. The summed E-state index contributed by atoms with van der Waals surface area (Å²) >= 11 is 1.77. The molecule has 3 heteroatoms. The molecule has 0 unspecified atom stereocenters. The largest absolute Gasteiger partial charge is 0.309 e. The molecule has 0 aliphatic rings. The van der Waals surface area contributed by atoms with Crippen LogP contribution in [0.15, 0.2) is 134 Å². The zero-order valence-corrected chi connectivity index (χ0v) is 21.3. The number of para-hydroxylation sites is 1. The number of rotatable bonds is 3. The van der Waals surface area contributed by atoms with E-state index in [1.807, 2.05) is 12.3 Å². The van der Waals surface area contributed by atoms with E-state index in [0.717, 1.165) is 10.5 Å². The number of benzene rings is 5. The summed E-state index contributed by atoms with van der Waals surface area (Å²) in [4.78, 5) is 5.72. The van der Waals surface area contributed by atoms with Gasteiger partial charge in [0.25, 0.3) is 0 Å². The predicted molar refractivity (Wildman–Crippen MR) is 162 cm³/mol. The first-order valence-corrected chi connectivity index (χ1v) is 13.6. The van der Waals surface area contributed by atoms with Crippen molar-refractivity contribution in [3.05, 3.63) is 134 Å². The van der Waals surface area contributed by atoms with Crippen LogP contribution in [-0.2, 0) is 0 Å². The predicted octanol–water partition coefficient (Wildman–Crippen LogP) is 9.88. The minimum absolute atomic E-state index is 1.09. The highest BCUT2D eigenvalue weighted by molar-refractivity contribution is 7.25. The molecule has 0 amide bonds. The molecule has 0 radical (unpaired) electrons. The van der Waals surface area contributed by atoms with Gasteiger partial charge in [0.1, 0.15) is 4.83 Å². The fourth-order valence-electron chi connectivity index (χ4n) is 5.69. The summed E-state index contributed by atoms with van der Waals surface area (Å²) in [5.74, 6) is 0. The van der Waals surface area contributed by atoms with Crippen LogP contribution in [0.1, 0.15) is 0 Å². The second-order valence-corrected chi connectivity index (χ2v) is 10.7. The van der Waals surface area contributed by atoms with Gasteiger partial charge in [0, 0.05) is 38.1 Å². The molecule has 3 heterocycles. The van der Waals surface area contributed by atoms with Crippen molar-refractivity contribution in [2.45, 2.75) is 0 Å². The molecule has 0 aliphatic carbocycles.